The SMILES string of the molecule is CN(CCCO)S(=O)(=O)NCc1cn[nH]c1. The van der Waals surface area contributed by atoms with Crippen LogP contribution < -0.4 is 4.72 Å². The quantitative estimate of drug-likeness (QED) is 0.580. The Balaban J connectivity index is 2.45. The number of hydrogen-bond acceptors (Lipinski definition) is 4. The number of aliphatic hydroxyl groups excluding tert-OH is 1. The first-order valence-corrected chi connectivity index (χ1v) is 6.29. The predicted octanol–water partition coefficient (Wildman–Crippen LogP) is -0.942. The maximum absolute atomic E-state index is 11.6. The molecule has 0 unspecified atom stereocenters. The highest BCUT2D eigenvalue weighted by molar-refractivity contribution is 7.87. The summed E-state index contributed by atoms with van der Waals surface area (Å²) in [6.07, 6.45) is 3.59. The lowest BCUT2D eigenvalue weighted by Crippen LogP contribution is -2.38. The van der Waals surface area contributed by atoms with Gasteiger partial charge in [0.25, 0.3) is 10.2 Å². The van der Waals surface area contributed by atoms with Crippen LogP contribution in [0.2, 0.25) is 0 Å². The van der Waals surface area contributed by atoms with Gasteiger partial charge in [-0.15, -0.1) is 0 Å². The first-order valence-electron chi connectivity index (χ1n) is 4.85. The number of H-pyrrole nitrogens is 1. The van der Waals surface area contributed by atoms with Crippen LogP contribution in [0, 0.1) is 0 Å². The lowest BCUT2D eigenvalue weighted by molar-refractivity contribution is 0.275. The fourth-order valence-corrected chi connectivity index (χ4v) is 2.01. The second-order valence-electron chi connectivity index (χ2n) is 3.33. The van der Waals surface area contributed by atoms with Crippen LogP contribution in [-0.4, -0.2) is 48.2 Å². The van der Waals surface area contributed by atoms with E-state index in [2.05, 4.69) is 14.9 Å². The van der Waals surface area contributed by atoms with Gasteiger partial charge in [0, 0.05) is 38.5 Å². The summed E-state index contributed by atoms with van der Waals surface area (Å²) in [4.78, 5) is 0. The molecule has 0 amide bonds. The second-order valence-corrected chi connectivity index (χ2v) is 5.19. The number of nitrogens with one attached hydrogen (secondary N) is 2. The number of rotatable bonds is 7. The summed E-state index contributed by atoms with van der Waals surface area (Å²) >= 11 is 0. The van der Waals surface area contributed by atoms with Crippen LogP contribution in [0.25, 0.3) is 0 Å². The molecule has 0 aromatic carbocycles. The zero-order valence-corrected chi connectivity index (χ0v) is 9.87. The Labute approximate surface area is 94.7 Å². The molecule has 16 heavy (non-hydrogen) atoms. The van der Waals surface area contributed by atoms with E-state index in [0.717, 1.165) is 5.56 Å². The Morgan fingerprint density at radius 3 is 2.94 bits per heavy atom. The molecule has 0 radical (unpaired) electrons. The van der Waals surface area contributed by atoms with Crippen molar-refractivity contribution in [1.29, 1.82) is 0 Å². The summed E-state index contributed by atoms with van der Waals surface area (Å²) < 4.78 is 26.9. The maximum Gasteiger partial charge on any atom is 0.279 e. The summed E-state index contributed by atoms with van der Waals surface area (Å²) in [6.45, 7) is 0.459. The standard InChI is InChI=1S/C8H16N4O3S/c1-12(3-2-4-13)16(14,15)11-7-8-5-9-10-6-8/h5-6,11,13H,2-4,7H2,1H3,(H,9,10). The smallest absolute Gasteiger partial charge is 0.279 e. The van der Waals surface area contributed by atoms with Crippen molar-refractivity contribution in [2.45, 2.75) is 13.0 Å². The molecule has 3 N–H and O–H groups in total. The average Bonchev–Trinajstić information content (AvgIpc) is 2.76. The van der Waals surface area contributed by atoms with Gasteiger partial charge in [0.05, 0.1) is 6.20 Å². The molecule has 0 spiro atoms. The van der Waals surface area contributed by atoms with Crippen LogP contribution in [0.4, 0.5) is 0 Å². The molecular weight excluding hydrogens is 232 g/mol. The second kappa shape index (κ2) is 5.94. The lowest BCUT2D eigenvalue weighted by Gasteiger charge is -2.16. The number of aromatic amines is 1. The minimum atomic E-state index is -3.48. The summed E-state index contributed by atoms with van der Waals surface area (Å²) in [6, 6.07) is 0. The van der Waals surface area contributed by atoms with E-state index in [4.69, 9.17) is 5.11 Å². The fourth-order valence-electron chi connectivity index (χ4n) is 1.07. The van der Waals surface area contributed by atoms with Gasteiger partial charge in [0.2, 0.25) is 0 Å². The highest BCUT2D eigenvalue weighted by Crippen LogP contribution is 1.99. The van der Waals surface area contributed by atoms with E-state index in [9.17, 15) is 8.42 Å². The molecule has 0 saturated heterocycles. The van der Waals surface area contributed by atoms with E-state index in [1.54, 1.807) is 12.4 Å². The Morgan fingerprint density at radius 1 is 1.62 bits per heavy atom. The molecule has 8 heteroatoms. The van der Waals surface area contributed by atoms with Gasteiger partial charge in [-0.1, -0.05) is 0 Å². The largest absolute Gasteiger partial charge is 0.396 e. The first kappa shape index (κ1) is 13.1. The Bertz CT molecular complexity index is 389. The topological polar surface area (TPSA) is 98.3 Å². The minimum Gasteiger partial charge on any atom is -0.396 e. The molecule has 0 atom stereocenters. The molecule has 0 aliphatic carbocycles. The highest BCUT2D eigenvalue weighted by Gasteiger charge is 2.16. The van der Waals surface area contributed by atoms with Crippen LogP contribution in [0.3, 0.4) is 0 Å². The van der Waals surface area contributed by atoms with Gasteiger partial charge in [0.15, 0.2) is 0 Å². The van der Waals surface area contributed by atoms with Gasteiger partial charge in [-0.05, 0) is 6.42 Å². The summed E-state index contributed by atoms with van der Waals surface area (Å²) in [5.41, 5.74) is 0.763. The molecule has 0 bridgehead atoms. The van der Waals surface area contributed by atoms with E-state index in [1.807, 2.05) is 0 Å². The fraction of sp³-hybridized carbons (Fsp3) is 0.625. The summed E-state index contributed by atoms with van der Waals surface area (Å²) in [7, 11) is -2.01. The van der Waals surface area contributed by atoms with E-state index in [0.29, 0.717) is 6.42 Å². The van der Waals surface area contributed by atoms with Gasteiger partial charge in [0.1, 0.15) is 0 Å². The van der Waals surface area contributed by atoms with Gasteiger partial charge in [-0.2, -0.15) is 22.5 Å². The van der Waals surface area contributed by atoms with E-state index >= 15 is 0 Å². The van der Waals surface area contributed by atoms with Crippen LogP contribution in [0.15, 0.2) is 12.4 Å². The number of hydrogen-bond donors (Lipinski definition) is 3. The molecular formula is C8H16N4O3S. The van der Waals surface area contributed by atoms with Crippen molar-refractivity contribution in [2.75, 3.05) is 20.2 Å². The molecule has 0 fully saturated rings. The number of aliphatic hydroxyl groups is 1. The van der Waals surface area contributed by atoms with Gasteiger partial charge in [-0.25, -0.2) is 0 Å². The first-order chi connectivity index (χ1) is 7.56. The maximum atomic E-state index is 11.6. The third-order valence-electron chi connectivity index (χ3n) is 2.05. The Morgan fingerprint density at radius 2 is 2.38 bits per heavy atom. The van der Waals surface area contributed by atoms with Crippen LogP contribution in [-0.2, 0) is 16.8 Å². The molecule has 1 aromatic rings. The molecule has 1 heterocycles. The van der Waals surface area contributed by atoms with Crippen molar-refractivity contribution < 1.29 is 13.5 Å². The van der Waals surface area contributed by atoms with E-state index in [1.165, 1.54) is 11.4 Å². The molecule has 1 aromatic heterocycles. The van der Waals surface area contributed by atoms with Gasteiger partial charge in [-0.3, -0.25) is 5.10 Å². The van der Waals surface area contributed by atoms with E-state index in [-0.39, 0.29) is 19.7 Å². The van der Waals surface area contributed by atoms with Crippen molar-refractivity contribution in [3.63, 3.8) is 0 Å². The number of aromatic nitrogens is 2. The zero-order valence-electron chi connectivity index (χ0n) is 9.05. The molecule has 0 aliphatic heterocycles. The molecule has 0 aliphatic rings. The van der Waals surface area contributed by atoms with Crippen molar-refractivity contribution in [3.05, 3.63) is 18.0 Å². The van der Waals surface area contributed by atoms with Crippen molar-refractivity contribution in [1.82, 2.24) is 19.2 Å². The third kappa shape index (κ3) is 3.89. The normalized spacial score (nSPS) is 12.2. The minimum absolute atomic E-state index is 0.0262. The highest BCUT2D eigenvalue weighted by atomic mass is 32.2. The monoisotopic (exact) mass is 248 g/mol. The predicted molar refractivity (Wildman–Crippen MR) is 58.7 cm³/mol. The molecule has 0 saturated carbocycles. The van der Waals surface area contributed by atoms with Gasteiger partial charge < -0.3 is 5.11 Å². The summed E-state index contributed by atoms with van der Waals surface area (Å²) in [5.74, 6) is 0. The zero-order chi connectivity index (χ0) is 12.0. The molecule has 7 nitrogen and oxygen atoms in total. The number of nitrogens with zero attached hydrogens (tertiary/aromatic N) is 2. The van der Waals surface area contributed by atoms with E-state index < -0.39 is 10.2 Å². The average molecular weight is 248 g/mol. The van der Waals surface area contributed by atoms with Gasteiger partial charge >= 0.3 is 0 Å². The van der Waals surface area contributed by atoms with Crippen molar-refractivity contribution in [2.24, 2.45) is 0 Å². The molecule has 1 rings (SSSR count). The Kier molecular flexibility index (Phi) is 4.87. The molecule has 92 valence electrons. The van der Waals surface area contributed by atoms with Crippen LogP contribution in [0.5, 0.6) is 0 Å². The van der Waals surface area contributed by atoms with Crippen LogP contribution >= 0.6 is 0 Å². The third-order valence-corrected chi connectivity index (χ3v) is 3.57. The Hall–Kier alpha value is -0.960. The van der Waals surface area contributed by atoms with Crippen LogP contribution in [0.1, 0.15) is 12.0 Å². The summed E-state index contributed by atoms with van der Waals surface area (Å²) in [5, 5.41) is 14.9. The van der Waals surface area contributed by atoms with Crippen molar-refractivity contribution >= 4 is 10.2 Å². The van der Waals surface area contributed by atoms with Crippen molar-refractivity contribution in [3.8, 4) is 0 Å². The lowest BCUT2D eigenvalue weighted by atomic mass is 10.4.